The van der Waals surface area contributed by atoms with Crippen molar-refractivity contribution in [1.82, 2.24) is 23.1 Å². The Morgan fingerprint density at radius 1 is 1.23 bits per heavy atom. The summed E-state index contributed by atoms with van der Waals surface area (Å²) in [6.45, 7) is 9.63. The van der Waals surface area contributed by atoms with Crippen LogP contribution < -0.4 is 16.0 Å². The van der Waals surface area contributed by atoms with E-state index < -0.39 is 11.2 Å². The first-order valence-corrected chi connectivity index (χ1v) is 9.73. The van der Waals surface area contributed by atoms with Crippen LogP contribution >= 0.6 is 11.6 Å². The second-order valence-corrected chi connectivity index (χ2v) is 7.84. The molecule has 4 aromatic rings. The lowest BCUT2D eigenvalue weighted by Crippen LogP contribution is -2.39. The number of hydrogen-bond donors (Lipinski definition) is 0. The fourth-order valence-electron chi connectivity index (χ4n) is 3.76. The molecule has 156 valence electrons. The summed E-state index contributed by atoms with van der Waals surface area (Å²) >= 11 is 6.34. The van der Waals surface area contributed by atoms with Crippen molar-refractivity contribution in [2.24, 2.45) is 7.05 Å². The molecule has 0 bridgehead atoms. The molecule has 8 nitrogen and oxygen atoms in total. The summed E-state index contributed by atoms with van der Waals surface area (Å²) in [5, 5.41) is 0.464. The van der Waals surface area contributed by atoms with Gasteiger partial charge in [0.1, 0.15) is 5.75 Å². The number of hydrogen-bond acceptors (Lipinski definition) is 4. The highest BCUT2D eigenvalue weighted by Crippen LogP contribution is 2.30. The number of aryl methyl sites for hydroxylation is 2. The minimum Gasteiger partial charge on any atom is -0.495 e. The lowest BCUT2D eigenvalue weighted by atomic mass is 10.2. The van der Waals surface area contributed by atoms with Crippen LogP contribution in [0, 0.1) is 13.8 Å². The van der Waals surface area contributed by atoms with Crippen molar-refractivity contribution in [3.05, 3.63) is 67.6 Å². The number of imidazole rings is 2. The van der Waals surface area contributed by atoms with Gasteiger partial charge in [0.05, 0.1) is 24.4 Å². The van der Waals surface area contributed by atoms with Crippen LogP contribution in [0.2, 0.25) is 5.02 Å². The Balaban J connectivity index is 2.14. The Labute approximate surface area is 177 Å². The predicted octanol–water partition coefficient (Wildman–Crippen LogP) is 2.99. The molecule has 0 saturated heterocycles. The minimum atomic E-state index is -0.426. The molecule has 0 aliphatic carbocycles. The van der Waals surface area contributed by atoms with E-state index in [9.17, 15) is 9.59 Å². The van der Waals surface area contributed by atoms with Crippen LogP contribution in [0.25, 0.3) is 22.6 Å². The van der Waals surface area contributed by atoms with Gasteiger partial charge in [-0.25, -0.2) is 4.79 Å². The highest BCUT2D eigenvalue weighted by Gasteiger charge is 2.23. The quantitative estimate of drug-likeness (QED) is 0.469. The maximum absolute atomic E-state index is 13.3. The van der Waals surface area contributed by atoms with Crippen LogP contribution in [0.1, 0.15) is 18.3 Å². The first-order chi connectivity index (χ1) is 14.2. The summed E-state index contributed by atoms with van der Waals surface area (Å²) in [4.78, 5) is 30.7. The number of nitrogens with zero attached hydrogens (tertiary/aromatic N) is 5. The molecule has 9 heteroatoms. The zero-order valence-electron chi connectivity index (χ0n) is 17.5. The van der Waals surface area contributed by atoms with Gasteiger partial charge >= 0.3 is 5.69 Å². The normalized spacial score (nSPS) is 11.5. The van der Waals surface area contributed by atoms with E-state index in [1.807, 2.05) is 24.5 Å². The first-order valence-electron chi connectivity index (χ1n) is 9.35. The fourth-order valence-corrected chi connectivity index (χ4v) is 4.02. The maximum Gasteiger partial charge on any atom is 0.332 e. The largest absolute Gasteiger partial charge is 0.495 e. The van der Waals surface area contributed by atoms with Gasteiger partial charge in [-0.3, -0.25) is 22.9 Å². The van der Waals surface area contributed by atoms with E-state index in [1.165, 1.54) is 9.13 Å². The average Bonchev–Trinajstić information content (AvgIpc) is 3.19. The minimum absolute atomic E-state index is 0.154. The number of methoxy groups -OCH3 is 1. The molecule has 30 heavy (non-hydrogen) atoms. The van der Waals surface area contributed by atoms with Crippen LogP contribution in [0.15, 0.2) is 39.9 Å². The Morgan fingerprint density at radius 3 is 2.53 bits per heavy atom. The zero-order valence-corrected chi connectivity index (χ0v) is 18.2. The molecular weight excluding hydrogens is 406 g/mol. The smallest absolute Gasteiger partial charge is 0.332 e. The number of fused-ring (bicyclic) bond motifs is 3. The van der Waals surface area contributed by atoms with Gasteiger partial charge in [-0.2, -0.15) is 4.98 Å². The summed E-state index contributed by atoms with van der Waals surface area (Å²) in [6.07, 6.45) is 0. The van der Waals surface area contributed by atoms with Gasteiger partial charge in [0.2, 0.25) is 5.78 Å². The summed E-state index contributed by atoms with van der Waals surface area (Å²) in [5.74, 6) is 1.10. The lowest BCUT2D eigenvalue weighted by Gasteiger charge is -2.09. The van der Waals surface area contributed by atoms with Crippen LogP contribution in [0.5, 0.6) is 5.75 Å². The third kappa shape index (κ3) is 2.71. The third-order valence-electron chi connectivity index (χ3n) is 5.34. The first kappa shape index (κ1) is 20.0. The molecule has 1 aromatic carbocycles. The van der Waals surface area contributed by atoms with Gasteiger partial charge in [0, 0.05) is 18.4 Å². The number of rotatable bonds is 4. The van der Waals surface area contributed by atoms with Gasteiger partial charge in [-0.1, -0.05) is 23.8 Å². The fraction of sp³-hybridized carbons (Fsp3) is 0.286. The van der Waals surface area contributed by atoms with Crippen LogP contribution in [0.4, 0.5) is 0 Å². The monoisotopic (exact) mass is 427 g/mol. The SMILES string of the molecule is C=C(C)Cn1c(=O)c2c(nc3n(-c4ccc(OC)c(Cl)c4)c(C)c(C)n23)n(C)c1=O. The van der Waals surface area contributed by atoms with E-state index in [4.69, 9.17) is 16.3 Å². The number of halogens is 1. The van der Waals surface area contributed by atoms with Gasteiger partial charge in [0.25, 0.3) is 5.56 Å². The molecule has 0 radical (unpaired) electrons. The zero-order chi connectivity index (χ0) is 21.9. The van der Waals surface area contributed by atoms with E-state index in [0.29, 0.717) is 33.3 Å². The second kappa shape index (κ2) is 6.91. The second-order valence-electron chi connectivity index (χ2n) is 7.43. The van der Waals surface area contributed by atoms with E-state index in [0.717, 1.165) is 17.1 Å². The van der Waals surface area contributed by atoms with Crippen molar-refractivity contribution in [2.45, 2.75) is 27.3 Å². The summed E-state index contributed by atoms with van der Waals surface area (Å²) in [7, 11) is 3.17. The van der Waals surface area contributed by atoms with E-state index in [-0.39, 0.29) is 6.54 Å². The highest BCUT2D eigenvalue weighted by atomic mass is 35.5. The Bertz CT molecular complexity index is 1470. The number of allylic oxidation sites excluding steroid dienone is 1. The van der Waals surface area contributed by atoms with Gasteiger partial charge < -0.3 is 4.74 Å². The standard InChI is InChI=1S/C21H22ClN5O3/c1-11(2)10-25-19(28)17-18(24(5)21(25)29)23-20-26(12(3)13(4)27(17)20)14-7-8-16(30-6)15(22)9-14/h7-9H,1,10H2,2-6H3. The van der Waals surface area contributed by atoms with E-state index >= 15 is 0 Å². The molecule has 0 amide bonds. The lowest BCUT2D eigenvalue weighted by molar-refractivity contribution is 0.415. The average molecular weight is 428 g/mol. The number of aromatic nitrogens is 5. The molecule has 0 unspecified atom stereocenters. The van der Waals surface area contributed by atoms with Crippen LogP contribution in [-0.4, -0.2) is 30.2 Å². The topological polar surface area (TPSA) is 75.5 Å². The molecule has 4 rings (SSSR count). The van der Waals surface area contributed by atoms with Crippen molar-refractivity contribution in [2.75, 3.05) is 7.11 Å². The number of ether oxygens (including phenoxy) is 1. The van der Waals surface area contributed by atoms with Crippen molar-refractivity contribution in [1.29, 1.82) is 0 Å². The molecule has 3 aromatic heterocycles. The Kier molecular flexibility index (Phi) is 4.62. The van der Waals surface area contributed by atoms with E-state index in [1.54, 1.807) is 37.6 Å². The molecule has 0 N–H and O–H groups in total. The number of benzene rings is 1. The summed E-state index contributed by atoms with van der Waals surface area (Å²) in [5.41, 5.74) is 3.10. The molecule has 0 fully saturated rings. The van der Waals surface area contributed by atoms with Gasteiger partial charge in [-0.05, 0) is 39.0 Å². The van der Waals surface area contributed by atoms with Crippen molar-refractivity contribution in [3.8, 4) is 11.4 Å². The van der Waals surface area contributed by atoms with Crippen LogP contribution in [-0.2, 0) is 13.6 Å². The van der Waals surface area contributed by atoms with Gasteiger partial charge in [-0.15, -0.1) is 0 Å². The molecule has 0 aliphatic heterocycles. The molecule has 3 heterocycles. The van der Waals surface area contributed by atoms with Crippen LogP contribution in [0.3, 0.4) is 0 Å². The van der Waals surface area contributed by atoms with Crippen molar-refractivity contribution in [3.63, 3.8) is 0 Å². The molecule has 0 spiro atoms. The van der Waals surface area contributed by atoms with E-state index in [2.05, 4.69) is 11.6 Å². The summed E-state index contributed by atoms with van der Waals surface area (Å²) in [6, 6.07) is 5.43. The Hall–Kier alpha value is -3.26. The molecule has 0 aliphatic rings. The summed E-state index contributed by atoms with van der Waals surface area (Å²) < 4.78 is 11.5. The molecular formula is C21H22ClN5O3. The highest BCUT2D eigenvalue weighted by molar-refractivity contribution is 6.32. The Morgan fingerprint density at radius 2 is 1.93 bits per heavy atom. The van der Waals surface area contributed by atoms with Crippen molar-refractivity contribution >= 4 is 28.5 Å². The van der Waals surface area contributed by atoms with Gasteiger partial charge in [0.15, 0.2) is 11.2 Å². The maximum atomic E-state index is 13.3. The molecule has 0 saturated carbocycles. The predicted molar refractivity (Wildman–Crippen MR) is 117 cm³/mol. The third-order valence-corrected chi connectivity index (χ3v) is 5.64. The molecule has 0 atom stereocenters. The van der Waals surface area contributed by atoms with Crippen molar-refractivity contribution < 1.29 is 4.74 Å².